The summed E-state index contributed by atoms with van der Waals surface area (Å²) in [6.45, 7) is 3.79. The first kappa shape index (κ1) is 9.87. The summed E-state index contributed by atoms with van der Waals surface area (Å²) in [5.74, 6) is 0.712. The Morgan fingerprint density at radius 3 is 2.88 bits per heavy atom. The molecule has 2 aliphatic rings. The minimum Gasteiger partial charge on any atom is -0.340 e. The molecule has 1 aromatic heterocycles. The van der Waals surface area contributed by atoms with Crippen LogP contribution >= 0.6 is 0 Å². The van der Waals surface area contributed by atoms with Gasteiger partial charge in [-0.05, 0) is 31.7 Å². The second-order valence-electron chi connectivity index (χ2n) is 5.00. The summed E-state index contributed by atoms with van der Waals surface area (Å²) in [6, 6.07) is 0.386. The van der Waals surface area contributed by atoms with Gasteiger partial charge in [-0.15, -0.1) is 0 Å². The van der Waals surface area contributed by atoms with Crippen LogP contribution in [0.5, 0.6) is 0 Å². The molecule has 1 saturated heterocycles. The molecule has 0 N–H and O–H groups in total. The fourth-order valence-corrected chi connectivity index (χ4v) is 2.38. The lowest BCUT2D eigenvalue weighted by Gasteiger charge is -2.16. The lowest BCUT2D eigenvalue weighted by molar-refractivity contribution is -0.131. The second-order valence-corrected chi connectivity index (χ2v) is 5.00. The van der Waals surface area contributed by atoms with E-state index in [0.717, 1.165) is 32.4 Å². The van der Waals surface area contributed by atoms with Crippen molar-refractivity contribution in [2.75, 3.05) is 13.1 Å². The summed E-state index contributed by atoms with van der Waals surface area (Å²) < 4.78 is 2.01. The number of carbonyl (C=O) groups excluding carboxylic acids is 1. The first-order valence-corrected chi connectivity index (χ1v) is 6.03. The van der Waals surface area contributed by atoms with Crippen molar-refractivity contribution in [3.63, 3.8) is 0 Å². The standard InChI is InChI=1S/C12H17N3O/c1-9-6-13-15(7-9)11-4-5-14(8-11)12(16)10-2-3-10/h6-7,10-11H,2-5,8H2,1H3. The number of hydrogen-bond acceptors (Lipinski definition) is 2. The van der Waals surface area contributed by atoms with Crippen LogP contribution < -0.4 is 0 Å². The van der Waals surface area contributed by atoms with Gasteiger partial charge in [-0.3, -0.25) is 9.48 Å². The van der Waals surface area contributed by atoms with Gasteiger partial charge in [0.25, 0.3) is 0 Å². The van der Waals surface area contributed by atoms with Crippen LogP contribution in [0.3, 0.4) is 0 Å². The van der Waals surface area contributed by atoms with Crippen molar-refractivity contribution in [1.29, 1.82) is 0 Å². The number of aryl methyl sites for hydroxylation is 1. The third-order valence-corrected chi connectivity index (χ3v) is 3.51. The zero-order chi connectivity index (χ0) is 11.1. The van der Waals surface area contributed by atoms with Gasteiger partial charge in [0, 0.05) is 25.2 Å². The Labute approximate surface area is 95.2 Å². The van der Waals surface area contributed by atoms with Crippen molar-refractivity contribution in [1.82, 2.24) is 14.7 Å². The molecular formula is C12H17N3O. The van der Waals surface area contributed by atoms with Crippen molar-refractivity contribution in [3.8, 4) is 0 Å². The molecule has 4 heteroatoms. The Bertz CT molecular complexity index is 408. The van der Waals surface area contributed by atoms with Gasteiger partial charge >= 0.3 is 0 Å². The van der Waals surface area contributed by atoms with Crippen LogP contribution in [0.4, 0.5) is 0 Å². The maximum Gasteiger partial charge on any atom is 0.225 e. The van der Waals surface area contributed by atoms with Crippen LogP contribution in [0.2, 0.25) is 0 Å². The molecule has 1 atom stereocenters. The summed E-state index contributed by atoms with van der Waals surface area (Å²) in [7, 11) is 0. The summed E-state index contributed by atoms with van der Waals surface area (Å²) >= 11 is 0. The molecule has 1 amide bonds. The molecule has 1 unspecified atom stereocenters. The van der Waals surface area contributed by atoms with Crippen molar-refractivity contribution in [2.45, 2.75) is 32.2 Å². The van der Waals surface area contributed by atoms with Crippen LogP contribution in [0.15, 0.2) is 12.4 Å². The number of nitrogens with zero attached hydrogens (tertiary/aromatic N) is 3. The molecule has 4 nitrogen and oxygen atoms in total. The van der Waals surface area contributed by atoms with Crippen LogP contribution in [-0.2, 0) is 4.79 Å². The average Bonchev–Trinajstić information content (AvgIpc) is 2.84. The molecule has 0 bridgehead atoms. The number of aromatic nitrogens is 2. The molecule has 1 saturated carbocycles. The lowest BCUT2D eigenvalue weighted by Crippen LogP contribution is -2.30. The first-order chi connectivity index (χ1) is 7.74. The van der Waals surface area contributed by atoms with E-state index in [-0.39, 0.29) is 0 Å². The van der Waals surface area contributed by atoms with E-state index in [2.05, 4.69) is 11.3 Å². The van der Waals surface area contributed by atoms with Crippen molar-refractivity contribution in [3.05, 3.63) is 18.0 Å². The van der Waals surface area contributed by atoms with Gasteiger partial charge in [-0.1, -0.05) is 0 Å². The van der Waals surface area contributed by atoms with Crippen LogP contribution in [0, 0.1) is 12.8 Å². The van der Waals surface area contributed by atoms with Gasteiger partial charge in [0.15, 0.2) is 0 Å². The van der Waals surface area contributed by atoms with E-state index in [1.165, 1.54) is 5.56 Å². The van der Waals surface area contributed by atoms with E-state index >= 15 is 0 Å². The van der Waals surface area contributed by atoms with Crippen LogP contribution in [0.1, 0.15) is 30.9 Å². The molecule has 86 valence electrons. The predicted molar refractivity (Wildman–Crippen MR) is 59.9 cm³/mol. The van der Waals surface area contributed by atoms with Gasteiger partial charge in [0.1, 0.15) is 0 Å². The monoisotopic (exact) mass is 219 g/mol. The zero-order valence-electron chi connectivity index (χ0n) is 9.59. The second kappa shape index (κ2) is 3.61. The van der Waals surface area contributed by atoms with E-state index in [4.69, 9.17) is 0 Å². The third kappa shape index (κ3) is 1.72. The van der Waals surface area contributed by atoms with Gasteiger partial charge in [-0.2, -0.15) is 5.10 Å². The first-order valence-electron chi connectivity index (χ1n) is 6.03. The van der Waals surface area contributed by atoms with Crippen molar-refractivity contribution >= 4 is 5.91 Å². The van der Waals surface area contributed by atoms with E-state index in [0.29, 0.717) is 17.9 Å². The molecule has 3 rings (SSSR count). The Morgan fingerprint density at radius 2 is 2.25 bits per heavy atom. The number of carbonyl (C=O) groups is 1. The van der Waals surface area contributed by atoms with Gasteiger partial charge in [-0.25, -0.2) is 0 Å². The third-order valence-electron chi connectivity index (χ3n) is 3.51. The van der Waals surface area contributed by atoms with Crippen LogP contribution in [0.25, 0.3) is 0 Å². The van der Waals surface area contributed by atoms with Crippen LogP contribution in [-0.4, -0.2) is 33.7 Å². The maximum atomic E-state index is 11.9. The highest BCUT2D eigenvalue weighted by atomic mass is 16.2. The zero-order valence-corrected chi connectivity index (χ0v) is 9.59. The van der Waals surface area contributed by atoms with Gasteiger partial charge < -0.3 is 4.90 Å². The Morgan fingerprint density at radius 1 is 1.44 bits per heavy atom. The summed E-state index contributed by atoms with van der Waals surface area (Å²) in [5.41, 5.74) is 1.19. The normalized spacial score (nSPS) is 25.1. The van der Waals surface area contributed by atoms with E-state index < -0.39 is 0 Å². The summed E-state index contributed by atoms with van der Waals surface area (Å²) in [4.78, 5) is 13.9. The molecule has 0 spiro atoms. The van der Waals surface area contributed by atoms with Crippen molar-refractivity contribution in [2.24, 2.45) is 5.92 Å². The highest BCUT2D eigenvalue weighted by Gasteiger charge is 2.37. The molecule has 2 fully saturated rings. The quantitative estimate of drug-likeness (QED) is 0.753. The summed E-state index contributed by atoms with van der Waals surface area (Å²) in [5, 5.41) is 4.33. The molecule has 1 aromatic rings. The van der Waals surface area contributed by atoms with Crippen molar-refractivity contribution < 1.29 is 4.79 Å². The SMILES string of the molecule is Cc1cnn(C2CCN(C(=O)C3CC3)C2)c1. The Hall–Kier alpha value is -1.32. The largest absolute Gasteiger partial charge is 0.340 e. The van der Waals surface area contributed by atoms with E-state index in [1.807, 2.05) is 22.7 Å². The fraction of sp³-hybridized carbons (Fsp3) is 0.667. The maximum absolute atomic E-state index is 11.9. The Kier molecular flexibility index (Phi) is 2.23. The molecule has 1 aliphatic carbocycles. The number of rotatable bonds is 2. The highest BCUT2D eigenvalue weighted by Crippen LogP contribution is 2.33. The summed E-state index contributed by atoms with van der Waals surface area (Å²) in [6.07, 6.45) is 7.18. The minimum absolute atomic E-state index is 0.345. The lowest BCUT2D eigenvalue weighted by atomic mass is 10.3. The smallest absolute Gasteiger partial charge is 0.225 e. The van der Waals surface area contributed by atoms with Gasteiger partial charge in [0.2, 0.25) is 5.91 Å². The van der Waals surface area contributed by atoms with Gasteiger partial charge in [0.05, 0.1) is 12.2 Å². The Balaban J connectivity index is 1.66. The molecule has 2 heterocycles. The molecule has 0 radical (unpaired) electrons. The molecule has 1 aliphatic heterocycles. The minimum atomic E-state index is 0.345. The molecular weight excluding hydrogens is 202 g/mol. The molecule has 16 heavy (non-hydrogen) atoms. The number of amides is 1. The predicted octanol–water partition coefficient (Wildman–Crippen LogP) is 1.37. The average molecular weight is 219 g/mol. The number of hydrogen-bond donors (Lipinski definition) is 0. The van der Waals surface area contributed by atoms with E-state index in [9.17, 15) is 4.79 Å². The molecule has 0 aromatic carbocycles. The topological polar surface area (TPSA) is 38.1 Å². The number of likely N-dealkylation sites (tertiary alicyclic amines) is 1. The fourth-order valence-electron chi connectivity index (χ4n) is 2.38. The van der Waals surface area contributed by atoms with E-state index in [1.54, 1.807) is 0 Å². The highest BCUT2D eigenvalue weighted by molar-refractivity contribution is 5.81.